The molecule has 0 aromatic carbocycles. The standard InChI is InChI=1S/C19H35N5O.HI/c1-6-9-24-10-8-15(14-24)11-22-18(20-7-2)23-13-17-21-12-16(25-17)19(3,4)5;/h12,15H,6-11,13-14H2,1-5H3,(H2,20,22,23);1H. The lowest BCUT2D eigenvalue weighted by molar-refractivity contribution is 0.324. The molecule has 0 spiro atoms. The molecule has 1 fully saturated rings. The Morgan fingerprint density at radius 1 is 1.35 bits per heavy atom. The van der Waals surface area contributed by atoms with Crippen LogP contribution in [0.25, 0.3) is 0 Å². The van der Waals surface area contributed by atoms with Crippen LogP contribution in [0.3, 0.4) is 0 Å². The van der Waals surface area contributed by atoms with Crippen LogP contribution in [-0.2, 0) is 12.0 Å². The highest BCUT2D eigenvalue weighted by atomic mass is 127. The van der Waals surface area contributed by atoms with Gasteiger partial charge in [-0.05, 0) is 38.8 Å². The van der Waals surface area contributed by atoms with Crippen LogP contribution in [0.2, 0.25) is 0 Å². The first-order chi connectivity index (χ1) is 11.9. The summed E-state index contributed by atoms with van der Waals surface area (Å²) in [5.74, 6) is 3.10. The first-order valence-electron chi connectivity index (χ1n) is 9.62. The van der Waals surface area contributed by atoms with E-state index in [1.807, 2.05) is 6.20 Å². The number of hydrogen-bond donors (Lipinski definition) is 2. The molecule has 1 atom stereocenters. The van der Waals surface area contributed by atoms with E-state index in [4.69, 9.17) is 4.42 Å². The van der Waals surface area contributed by atoms with Gasteiger partial charge in [0.05, 0.1) is 6.20 Å². The Hall–Kier alpha value is -0.830. The molecular weight excluding hydrogens is 441 g/mol. The minimum Gasteiger partial charge on any atom is -0.443 e. The summed E-state index contributed by atoms with van der Waals surface area (Å²) in [6.07, 6.45) is 4.31. The van der Waals surface area contributed by atoms with Gasteiger partial charge in [-0.15, -0.1) is 24.0 Å². The molecule has 1 unspecified atom stereocenters. The molecule has 0 amide bonds. The molecule has 1 aromatic rings. The highest BCUT2D eigenvalue weighted by molar-refractivity contribution is 14.0. The molecule has 2 heterocycles. The van der Waals surface area contributed by atoms with Crippen LogP contribution < -0.4 is 10.6 Å². The molecule has 26 heavy (non-hydrogen) atoms. The van der Waals surface area contributed by atoms with E-state index >= 15 is 0 Å². The molecule has 2 N–H and O–H groups in total. The number of likely N-dealkylation sites (tertiary alicyclic amines) is 1. The van der Waals surface area contributed by atoms with Crippen LogP contribution in [0.5, 0.6) is 0 Å². The molecule has 0 bridgehead atoms. The van der Waals surface area contributed by atoms with E-state index in [9.17, 15) is 0 Å². The van der Waals surface area contributed by atoms with E-state index in [1.165, 1.54) is 32.5 Å². The number of halogens is 1. The first-order valence-corrected chi connectivity index (χ1v) is 9.62. The van der Waals surface area contributed by atoms with Gasteiger partial charge < -0.3 is 20.0 Å². The fourth-order valence-corrected chi connectivity index (χ4v) is 3.06. The van der Waals surface area contributed by atoms with Gasteiger partial charge in [-0.25, -0.2) is 9.98 Å². The zero-order valence-electron chi connectivity index (χ0n) is 17.0. The van der Waals surface area contributed by atoms with Crippen LogP contribution in [0.15, 0.2) is 15.6 Å². The average molecular weight is 477 g/mol. The topological polar surface area (TPSA) is 65.7 Å². The molecule has 0 radical (unpaired) electrons. The second-order valence-corrected chi connectivity index (χ2v) is 7.90. The van der Waals surface area contributed by atoms with Crippen molar-refractivity contribution in [3.05, 3.63) is 17.8 Å². The van der Waals surface area contributed by atoms with E-state index in [0.717, 1.165) is 24.8 Å². The number of hydrogen-bond acceptors (Lipinski definition) is 4. The maximum atomic E-state index is 5.82. The first kappa shape index (κ1) is 23.2. The predicted molar refractivity (Wildman–Crippen MR) is 118 cm³/mol. The van der Waals surface area contributed by atoms with Gasteiger partial charge in [-0.2, -0.15) is 0 Å². The summed E-state index contributed by atoms with van der Waals surface area (Å²) in [7, 11) is 0. The monoisotopic (exact) mass is 477 g/mol. The number of aliphatic imine (C=N–C) groups is 1. The quantitative estimate of drug-likeness (QED) is 0.358. The average Bonchev–Trinajstić information content (AvgIpc) is 3.19. The van der Waals surface area contributed by atoms with Crippen molar-refractivity contribution in [2.45, 2.75) is 59.4 Å². The number of oxazole rings is 1. The number of rotatable bonds is 7. The smallest absolute Gasteiger partial charge is 0.216 e. The second-order valence-electron chi connectivity index (χ2n) is 7.90. The van der Waals surface area contributed by atoms with E-state index in [-0.39, 0.29) is 29.4 Å². The highest BCUT2D eigenvalue weighted by Gasteiger charge is 2.22. The fraction of sp³-hybridized carbons (Fsp3) is 0.789. The minimum atomic E-state index is -0.0233. The Labute approximate surface area is 175 Å². The highest BCUT2D eigenvalue weighted by Crippen LogP contribution is 2.22. The van der Waals surface area contributed by atoms with Crippen molar-refractivity contribution in [2.75, 3.05) is 32.7 Å². The van der Waals surface area contributed by atoms with Crippen molar-refractivity contribution >= 4 is 29.9 Å². The third kappa shape index (κ3) is 7.42. The van der Waals surface area contributed by atoms with E-state index in [2.05, 4.69) is 60.1 Å². The SMILES string of the molecule is CCCN1CCC(CNC(=NCc2ncc(C(C)(C)C)o2)NCC)C1.I. The van der Waals surface area contributed by atoms with Crippen LogP contribution in [0, 0.1) is 5.92 Å². The fourth-order valence-electron chi connectivity index (χ4n) is 3.06. The maximum Gasteiger partial charge on any atom is 0.216 e. The Kier molecular flexibility index (Phi) is 9.92. The minimum absolute atomic E-state index is 0. The molecule has 150 valence electrons. The summed E-state index contributed by atoms with van der Waals surface area (Å²) in [5, 5.41) is 6.78. The molecule has 6 nitrogen and oxygen atoms in total. The van der Waals surface area contributed by atoms with Crippen molar-refractivity contribution in [1.82, 2.24) is 20.5 Å². The lowest BCUT2D eigenvalue weighted by Gasteiger charge is -2.16. The van der Waals surface area contributed by atoms with Gasteiger partial charge in [0.2, 0.25) is 5.89 Å². The van der Waals surface area contributed by atoms with Gasteiger partial charge in [0, 0.05) is 25.0 Å². The van der Waals surface area contributed by atoms with Gasteiger partial charge >= 0.3 is 0 Å². The van der Waals surface area contributed by atoms with Gasteiger partial charge in [0.1, 0.15) is 12.3 Å². The summed E-state index contributed by atoms with van der Waals surface area (Å²) in [5.41, 5.74) is -0.0233. The van der Waals surface area contributed by atoms with Crippen molar-refractivity contribution in [2.24, 2.45) is 10.9 Å². The van der Waals surface area contributed by atoms with Crippen LogP contribution >= 0.6 is 24.0 Å². The van der Waals surface area contributed by atoms with Crippen LogP contribution in [-0.4, -0.2) is 48.6 Å². The molecule has 7 heteroatoms. The van der Waals surface area contributed by atoms with Gasteiger partial charge in [-0.1, -0.05) is 27.7 Å². The Balaban J connectivity index is 0.00000338. The lowest BCUT2D eigenvalue weighted by atomic mass is 9.94. The summed E-state index contributed by atoms with van der Waals surface area (Å²) in [6, 6.07) is 0. The summed E-state index contributed by atoms with van der Waals surface area (Å²) in [6.45, 7) is 16.6. The molecule has 1 saturated heterocycles. The normalized spacial score (nSPS) is 18.7. The van der Waals surface area contributed by atoms with E-state index in [1.54, 1.807) is 0 Å². The van der Waals surface area contributed by atoms with Crippen molar-refractivity contribution in [3.8, 4) is 0 Å². The third-order valence-corrected chi connectivity index (χ3v) is 4.48. The number of nitrogens with one attached hydrogen (secondary N) is 2. The van der Waals surface area contributed by atoms with Gasteiger partial charge in [0.25, 0.3) is 0 Å². The van der Waals surface area contributed by atoms with Crippen molar-refractivity contribution in [3.63, 3.8) is 0 Å². The predicted octanol–water partition coefficient (Wildman–Crippen LogP) is 3.38. The largest absolute Gasteiger partial charge is 0.443 e. The molecule has 1 aliphatic heterocycles. The zero-order chi connectivity index (χ0) is 18.3. The summed E-state index contributed by atoms with van der Waals surface area (Å²) >= 11 is 0. The number of aromatic nitrogens is 1. The van der Waals surface area contributed by atoms with Crippen molar-refractivity contribution in [1.29, 1.82) is 0 Å². The maximum absolute atomic E-state index is 5.82. The Bertz CT molecular complexity index is 552. The number of guanidine groups is 1. The molecular formula is C19H36IN5O. The molecule has 1 aliphatic rings. The van der Waals surface area contributed by atoms with Crippen molar-refractivity contribution < 1.29 is 4.42 Å². The molecule has 0 saturated carbocycles. The van der Waals surface area contributed by atoms with E-state index < -0.39 is 0 Å². The zero-order valence-corrected chi connectivity index (χ0v) is 19.3. The summed E-state index contributed by atoms with van der Waals surface area (Å²) < 4.78 is 5.82. The van der Waals surface area contributed by atoms with Crippen LogP contribution in [0.4, 0.5) is 0 Å². The summed E-state index contributed by atoms with van der Waals surface area (Å²) in [4.78, 5) is 11.5. The molecule has 0 aliphatic carbocycles. The second kappa shape index (κ2) is 11.1. The van der Waals surface area contributed by atoms with Gasteiger partial charge in [-0.3, -0.25) is 0 Å². The third-order valence-electron chi connectivity index (χ3n) is 4.48. The number of nitrogens with zero attached hydrogens (tertiary/aromatic N) is 3. The van der Waals surface area contributed by atoms with Gasteiger partial charge in [0.15, 0.2) is 5.96 Å². The van der Waals surface area contributed by atoms with E-state index in [0.29, 0.717) is 18.4 Å². The Morgan fingerprint density at radius 2 is 2.12 bits per heavy atom. The molecule has 2 rings (SSSR count). The Morgan fingerprint density at radius 3 is 2.73 bits per heavy atom. The molecule has 1 aromatic heterocycles. The van der Waals surface area contributed by atoms with Crippen LogP contribution in [0.1, 0.15) is 59.1 Å². The lowest BCUT2D eigenvalue weighted by Crippen LogP contribution is -2.40.